The van der Waals surface area contributed by atoms with Crippen LogP contribution in [0.15, 0.2) is 24.8 Å². The van der Waals surface area contributed by atoms with Crippen molar-refractivity contribution in [2.75, 3.05) is 0 Å². The normalized spacial score (nSPS) is 22.8. The molecule has 0 aromatic rings. The zero-order chi connectivity index (χ0) is 8.81. The maximum atomic E-state index is 3.69. The highest BCUT2D eigenvalue weighted by Crippen LogP contribution is 2.30. The van der Waals surface area contributed by atoms with Crippen LogP contribution in [0.3, 0.4) is 0 Å². The maximum Gasteiger partial charge on any atom is -0.0230 e. The van der Waals surface area contributed by atoms with Crippen molar-refractivity contribution in [3.8, 4) is 0 Å². The van der Waals surface area contributed by atoms with Gasteiger partial charge in [-0.2, -0.15) is 0 Å². The van der Waals surface area contributed by atoms with Gasteiger partial charge in [-0.1, -0.05) is 51.0 Å². The maximum absolute atomic E-state index is 3.69. The predicted octanol–water partition coefficient (Wildman–Crippen LogP) is 3.95. The van der Waals surface area contributed by atoms with Crippen LogP contribution in [0.4, 0.5) is 0 Å². The van der Waals surface area contributed by atoms with Crippen molar-refractivity contribution in [1.29, 1.82) is 0 Å². The second kappa shape index (κ2) is 5.18. The summed E-state index contributed by atoms with van der Waals surface area (Å²) >= 11 is 0. The van der Waals surface area contributed by atoms with E-state index in [0.29, 0.717) is 0 Å². The van der Waals surface area contributed by atoms with Gasteiger partial charge in [0.25, 0.3) is 0 Å². The van der Waals surface area contributed by atoms with Crippen LogP contribution in [0, 0.1) is 11.8 Å². The molecule has 0 heterocycles. The number of allylic oxidation sites excluding steroid dienone is 3. The fourth-order valence-corrected chi connectivity index (χ4v) is 2.07. The molecule has 1 fully saturated rings. The molecule has 1 unspecified atom stereocenters. The predicted molar refractivity (Wildman–Crippen MR) is 55.1 cm³/mol. The first kappa shape index (κ1) is 9.57. The molecule has 0 nitrogen and oxygen atoms in total. The fraction of sp³-hybridized carbons (Fsp3) is 0.667. The summed E-state index contributed by atoms with van der Waals surface area (Å²) in [4.78, 5) is 0. The summed E-state index contributed by atoms with van der Waals surface area (Å²) in [6.45, 7) is 6.02. The highest BCUT2D eigenvalue weighted by Gasteiger charge is 2.17. The van der Waals surface area contributed by atoms with Gasteiger partial charge in [0.1, 0.15) is 0 Å². The second-order valence-corrected chi connectivity index (χ2v) is 3.88. The average Bonchev–Trinajstić information content (AvgIpc) is 2.15. The van der Waals surface area contributed by atoms with Crippen LogP contribution in [0.2, 0.25) is 0 Å². The molecule has 12 heavy (non-hydrogen) atoms. The lowest BCUT2D eigenvalue weighted by atomic mass is 9.81. The molecule has 0 radical (unpaired) electrons. The van der Waals surface area contributed by atoms with E-state index in [1.807, 2.05) is 6.08 Å². The van der Waals surface area contributed by atoms with Crippen LogP contribution < -0.4 is 0 Å². The van der Waals surface area contributed by atoms with Gasteiger partial charge in [0.2, 0.25) is 0 Å². The van der Waals surface area contributed by atoms with Crippen LogP contribution in [-0.4, -0.2) is 0 Å². The Morgan fingerprint density at radius 1 is 1.25 bits per heavy atom. The number of hydrogen-bond donors (Lipinski definition) is 0. The van der Waals surface area contributed by atoms with Gasteiger partial charge in [0.15, 0.2) is 0 Å². The molecule has 0 N–H and O–H groups in total. The van der Waals surface area contributed by atoms with Gasteiger partial charge in [-0.25, -0.2) is 0 Å². The lowest BCUT2D eigenvalue weighted by Crippen LogP contribution is -2.13. The molecule has 0 amide bonds. The monoisotopic (exact) mass is 164 g/mol. The van der Waals surface area contributed by atoms with E-state index >= 15 is 0 Å². The lowest BCUT2D eigenvalue weighted by molar-refractivity contribution is 0.300. The quantitative estimate of drug-likeness (QED) is 0.554. The fourth-order valence-electron chi connectivity index (χ4n) is 2.07. The SMILES string of the molecule is C=C/C=C\C(C)C1CCCCC1. The Morgan fingerprint density at radius 2 is 1.92 bits per heavy atom. The zero-order valence-corrected chi connectivity index (χ0v) is 8.13. The molecule has 1 aliphatic rings. The van der Waals surface area contributed by atoms with Crippen LogP contribution in [0.1, 0.15) is 39.0 Å². The summed E-state index contributed by atoms with van der Waals surface area (Å²) in [5.74, 6) is 1.69. The van der Waals surface area contributed by atoms with E-state index < -0.39 is 0 Å². The Balaban J connectivity index is 2.33. The van der Waals surface area contributed by atoms with Gasteiger partial charge >= 0.3 is 0 Å². The highest BCUT2D eigenvalue weighted by atomic mass is 14.2. The van der Waals surface area contributed by atoms with Gasteiger partial charge < -0.3 is 0 Å². The molecule has 1 rings (SSSR count). The average molecular weight is 164 g/mol. The molecule has 0 saturated heterocycles. The molecule has 0 aromatic heterocycles. The third kappa shape index (κ3) is 2.84. The molecule has 0 aliphatic heterocycles. The first-order chi connectivity index (χ1) is 5.84. The van der Waals surface area contributed by atoms with E-state index in [9.17, 15) is 0 Å². The highest BCUT2D eigenvalue weighted by molar-refractivity contribution is 5.00. The largest absolute Gasteiger partial charge is 0.0991 e. The Morgan fingerprint density at radius 3 is 2.50 bits per heavy atom. The molecule has 1 aliphatic carbocycles. The van der Waals surface area contributed by atoms with E-state index in [1.54, 1.807) is 0 Å². The summed E-state index contributed by atoms with van der Waals surface area (Å²) < 4.78 is 0. The minimum Gasteiger partial charge on any atom is -0.0991 e. The van der Waals surface area contributed by atoms with Crippen molar-refractivity contribution in [2.45, 2.75) is 39.0 Å². The Kier molecular flexibility index (Phi) is 4.13. The van der Waals surface area contributed by atoms with Crippen molar-refractivity contribution < 1.29 is 0 Å². The van der Waals surface area contributed by atoms with Gasteiger partial charge in [0, 0.05) is 0 Å². The first-order valence-corrected chi connectivity index (χ1v) is 5.14. The molecular weight excluding hydrogens is 144 g/mol. The van der Waals surface area contributed by atoms with Crippen LogP contribution in [-0.2, 0) is 0 Å². The molecule has 1 saturated carbocycles. The van der Waals surface area contributed by atoms with Gasteiger partial charge in [-0.15, -0.1) is 0 Å². The summed E-state index contributed by atoms with van der Waals surface area (Å²) in [6.07, 6.45) is 13.5. The molecule has 0 spiro atoms. The Labute approximate surface area is 76.4 Å². The molecular formula is C12H20. The summed E-state index contributed by atoms with van der Waals surface area (Å²) in [5.41, 5.74) is 0. The molecule has 68 valence electrons. The molecule has 0 aromatic carbocycles. The Hall–Kier alpha value is -0.520. The standard InChI is InChI=1S/C12H20/c1-3-4-8-11(2)12-9-6-5-7-10-12/h3-4,8,11-12H,1,5-7,9-10H2,2H3/b8-4-. The summed E-state index contributed by atoms with van der Waals surface area (Å²) in [5, 5.41) is 0. The smallest absolute Gasteiger partial charge is 0.0230 e. The van der Waals surface area contributed by atoms with Gasteiger partial charge in [-0.3, -0.25) is 0 Å². The van der Waals surface area contributed by atoms with Gasteiger partial charge in [-0.05, 0) is 24.7 Å². The zero-order valence-electron chi connectivity index (χ0n) is 8.13. The number of hydrogen-bond acceptors (Lipinski definition) is 0. The molecule has 1 atom stereocenters. The van der Waals surface area contributed by atoms with Crippen molar-refractivity contribution >= 4 is 0 Å². The molecule has 0 bridgehead atoms. The first-order valence-electron chi connectivity index (χ1n) is 5.14. The van der Waals surface area contributed by atoms with E-state index in [1.165, 1.54) is 32.1 Å². The molecule has 0 heteroatoms. The third-order valence-corrected chi connectivity index (χ3v) is 2.94. The lowest BCUT2D eigenvalue weighted by Gasteiger charge is -2.25. The van der Waals surface area contributed by atoms with Crippen molar-refractivity contribution in [1.82, 2.24) is 0 Å². The van der Waals surface area contributed by atoms with E-state index in [-0.39, 0.29) is 0 Å². The van der Waals surface area contributed by atoms with Crippen LogP contribution in [0.25, 0.3) is 0 Å². The summed E-state index contributed by atoms with van der Waals surface area (Å²) in [6, 6.07) is 0. The van der Waals surface area contributed by atoms with Crippen LogP contribution >= 0.6 is 0 Å². The van der Waals surface area contributed by atoms with Crippen molar-refractivity contribution in [3.63, 3.8) is 0 Å². The summed E-state index contributed by atoms with van der Waals surface area (Å²) in [7, 11) is 0. The topological polar surface area (TPSA) is 0 Å². The van der Waals surface area contributed by atoms with E-state index in [0.717, 1.165) is 11.8 Å². The van der Waals surface area contributed by atoms with Crippen molar-refractivity contribution in [2.24, 2.45) is 11.8 Å². The minimum atomic E-state index is 0.753. The van der Waals surface area contributed by atoms with E-state index in [2.05, 4.69) is 25.7 Å². The number of rotatable bonds is 3. The van der Waals surface area contributed by atoms with Gasteiger partial charge in [0.05, 0.1) is 0 Å². The third-order valence-electron chi connectivity index (χ3n) is 2.94. The van der Waals surface area contributed by atoms with Crippen LogP contribution in [0.5, 0.6) is 0 Å². The minimum absolute atomic E-state index is 0.753. The second-order valence-electron chi connectivity index (χ2n) is 3.88. The Bertz CT molecular complexity index is 149. The van der Waals surface area contributed by atoms with E-state index in [4.69, 9.17) is 0 Å². The van der Waals surface area contributed by atoms with Crippen molar-refractivity contribution in [3.05, 3.63) is 24.8 Å².